The van der Waals surface area contributed by atoms with E-state index >= 15 is 0 Å². The molecule has 1 aliphatic heterocycles. The Morgan fingerprint density at radius 2 is 1.96 bits per heavy atom. The zero-order valence-electron chi connectivity index (χ0n) is 15.7. The number of aryl methyl sites for hydroxylation is 2. The number of carbonyl (C=O) groups is 1. The summed E-state index contributed by atoms with van der Waals surface area (Å²) in [5, 5.41) is 4.29. The van der Waals surface area contributed by atoms with E-state index in [1.165, 1.54) is 5.56 Å². The maximum Gasteiger partial charge on any atom is 0.223 e. The molecule has 0 spiro atoms. The number of hydrogen-bond donors (Lipinski definition) is 1. The fourth-order valence-corrected chi connectivity index (χ4v) is 5.29. The Hall–Kier alpha value is -2.28. The number of hydrogen-bond acceptors (Lipinski definition) is 6. The van der Waals surface area contributed by atoms with Crippen LogP contribution in [0.2, 0.25) is 0 Å². The summed E-state index contributed by atoms with van der Waals surface area (Å²) in [7, 11) is 0. The Morgan fingerprint density at radius 1 is 1.19 bits per heavy atom. The molecule has 1 aliphatic carbocycles. The Balaban J connectivity index is 1.43. The molecule has 0 unspecified atom stereocenters. The van der Waals surface area contributed by atoms with Gasteiger partial charge in [-0.1, -0.05) is 0 Å². The van der Waals surface area contributed by atoms with Crippen molar-refractivity contribution in [2.45, 2.75) is 45.6 Å². The number of aromatic nitrogens is 3. The number of rotatable bonds is 3. The summed E-state index contributed by atoms with van der Waals surface area (Å²) in [6.07, 6.45) is 5.70. The van der Waals surface area contributed by atoms with E-state index in [1.54, 1.807) is 17.7 Å². The second kappa shape index (κ2) is 6.41. The maximum atomic E-state index is 12.3. The summed E-state index contributed by atoms with van der Waals surface area (Å²) >= 11 is 1.68. The lowest BCUT2D eigenvalue weighted by molar-refractivity contribution is -0.125. The van der Waals surface area contributed by atoms with Crippen LogP contribution in [0.25, 0.3) is 20.4 Å². The van der Waals surface area contributed by atoms with Crippen molar-refractivity contribution in [1.29, 1.82) is 0 Å². The summed E-state index contributed by atoms with van der Waals surface area (Å²) in [5.41, 5.74) is 3.24. The summed E-state index contributed by atoms with van der Waals surface area (Å²) in [6, 6.07) is 2.55. The van der Waals surface area contributed by atoms with E-state index in [-0.39, 0.29) is 11.8 Å². The summed E-state index contributed by atoms with van der Waals surface area (Å²) in [6.45, 7) is 5.86. The van der Waals surface area contributed by atoms with E-state index in [2.05, 4.69) is 33.2 Å². The van der Waals surface area contributed by atoms with Crippen LogP contribution in [0.15, 0.2) is 12.4 Å². The number of nitrogens with one attached hydrogen (secondary N) is 1. The fraction of sp³-hybridized carbons (Fsp3) is 0.500. The molecule has 0 bridgehead atoms. The molecule has 27 heavy (non-hydrogen) atoms. The number of amides is 1. The van der Waals surface area contributed by atoms with Crippen molar-refractivity contribution in [2.24, 2.45) is 5.92 Å². The summed E-state index contributed by atoms with van der Waals surface area (Å²) < 4.78 is 1.11. The molecule has 1 N–H and O–H groups in total. The van der Waals surface area contributed by atoms with Crippen molar-refractivity contribution in [2.75, 3.05) is 18.0 Å². The number of piperidine rings is 1. The van der Waals surface area contributed by atoms with Gasteiger partial charge in [0.1, 0.15) is 17.0 Å². The SMILES string of the molecule is Cc1cc(C)c2c(n1)sc1c(N3CCC(C(=O)NC4CC4)CC3)ncnc12. The summed E-state index contributed by atoms with van der Waals surface area (Å²) in [5.74, 6) is 1.36. The highest BCUT2D eigenvalue weighted by Gasteiger charge is 2.31. The lowest BCUT2D eigenvalue weighted by Crippen LogP contribution is -2.41. The van der Waals surface area contributed by atoms with Gasteiger partial charge in [-0.05, 0) is 51.2 Å². The number of anilines is 1. The molecule has 0 atom stereocenters. The average molecular weight is 382 g/mol. The molecular formula is C20H23N5OS. The van der Waals surface area contributed by atoms with E-state index < -0.39 is 0 Å². The van der Waals surface area contributed by atoms with Gasteiger partial charge in [0.2, 0.25) is 5.91 Å². The maximum absolute atomic E-state index is 12.3. The minimum absolute atomic E-state index is 0.133. The largest absolute Gasteiger partial charge is 0.355 e. The lowest BCUT2D eigenvalue weighted by atomic mass is 9.96. The molecule has 140 valence electrons. The quantitative estimate of drug-likeness (QED) is 0.753. The molecule has 4 heterocycles. The van der Waals surface area contributed by atoms with Crippen LogP contribution in [0.4, 0.5) is 5.82 Å². The highest BCUT2D eigenvalue weighted by Crippen LogP contribution is 2.38. The Morgan fingerprint density at radius 3 is 2.70 bits per heavy atom. The Kier molecular flexibility index (Phi) is 4.00. The first kappa shape index (κ1) is 16.9. The number of fused-ring (bicyclic) bond motifs is 3. The van der Waals surface area contributed by atoms with Gasteiger partial charge in [0.15, 0.2) is 0 Å². The predicted octanol–water partition coefficient (Wildman–Crippen LogP) is 3.35. The molecule has 1 saturated carbocycles. The van der Waals surface area contributed by atoms with Crippen LogP contribution < -0.4 is 10.2 Å². The van der Waals surface area contributed by atoms with E-state index in [9.17, 15) is 4.79 Å². The molecule has 7 heteroatoms. The molecule has 0 radical (unpaired) electrons. The van der Waals surface area contributed by atoms with Crippen molar-refractivity contribution in [3.8, 4) is 0 Å². The van der Waals surface area contributed by atoms with E-state index in [0.717, 1.165) is 70.7 Å². The monoisotopic (exact) mass is 381 g/mol. The average Bonchev–Trinajstić information content (AvgIpc) is 3.38. The first-order chi connectivity index (χ1) is 13.1. The van der Waals surface area contributed by atoms with Gasteiger partial charge in [-0.2, -0.15) is 0 Å². The number of pyridine rings is 1. The molecule has 5 rings (SSSR count). The third-order valence-electron chi connectivity index (χ3n) is 5.62. The van der Waals surface area contributed by atoms with Crippen LogP contribution in [0.1, 0.15) is 36.9 Å². The van der Waals surface area contributed by atoms with Gasteiger partial charge in [-0.15, -0.1) is 11.3 Å². The molecule has 6 nitrogen and oxygen atoms in total. The molecule has 1 saturated heterocycles. The topological polar surface area (TPSA) is 71.0 Å². The first-order valence-electron chi connectivity index (χ1n) is 9.67. The number of carbonyl (C=O) groups excluding carboxylic acids is 1. The standard InChI is InChI=1S/C20H23N5OS/c1-11-9-12(2)23-20-15(11)16-17(27-20)18(22-10-21-16)25-7-5-13(6-8-25)19(26)24-14-3-4-14/h9-10,13-14H,3-8H2,1-2H3,(H,24,26). The Bertz CT molecular complexity index is 1030. The normalized spacial score (nSPS) is 18.4. The van der Waals surface area contributed by atoms with E-state index in [1.807, 2.05) is 6.92 Å². The second-order valence-corrected chi connectivity index (χ2v) is 8.78. The molecular weight excluding hydrogens is 358 g/mol. The van der Waals surface area contributed by atoms with Crippen molar-refractivity contribution in [3.05, 3.63) is 23.7 Å². The molecule has 3 aromatic heterocycles. The minimum atomic E-state index is 0.133. The van der Waals surface area contributed by atoms with Crippen molar-refractivity contribution >= 4 is 43.5 Å². The van der Waals surface area contributed by atoms with Gasteiger partial charge in [0, 0.05) is 36.1 Å². The first-order valence-corrected chi connectivity index (χ1v) is 10.5. The third-order valence-corrected chi connectivity index (χ3v) is 6.69. The van der Waals surface area contributed by atoms with Gasteiger partial charge in [0.05, 0.1) is 10.2 Å². The highest BCUT2D eigenvalue weighted by atomic mass is 32.1. The molecule has 3 aromatic rings. The van der Waals surface area contributed by atoms with Gasteiger partial charge < -0.3 is 10.2 Å². The predicted molar refractivity (Wildman–Crippen MR) is 108 cm³/mol. The van der Waals surface area contributed by atoms with Crippen LogP contribution in [-0.2, 0) is 4.79 Å². The van der Waals surface area contributed by atoms with Gasteiger partial charge in [0.25, 0.3) is 0 Å². The summed E-state index contributed by atoms with van der Waals surface area (Å²) in [4.78, 5) is 29.5. The van der Waals surface area contributed by atoms with Crippen molar-refractivity contribution in [3.63, 3.8) is 0 Å². The van der Waals surface area contributed by atoms with E-state index in [4.69, 9.17) is 4.98 Å². The number of nitrogens with zero attached hydrogens (tertiary/aromatic N) is 4. The van der Waals surface area contributed by atoms with Crippen LogP contribution in [0.5, 0.6) is 0 Å². The fourth-order valence-electron chi connectivity index (χ4n) is 4.02. The lowest BCUT2D eigenvalue weighted by Gasteiger charge is -2.32. The Labute approximate surface area is 162 Å². The van der Waals surface area contributed by atoms with Gasteiger partial charge in [-0.25, -0.2) is 15.0 Å². The smallest absolute Gasteiger partial charge is 0.223 e. The second-order valence-electron chi connectivity index (χ2n) is 7.78. The van der Waals surface area contributed by atoms with Gasteiger partial charge in [-0.3, -0.25) is 4.79 Å². The van der Waals surface area contributed by atoms with Crippen molar-refractivity contribution < 1.29 is 4.79 Å². The van der Waals surface area contributed by atoms with Crippen LogP contribution >= 0.6 is 11.3 Å². The van der Waals surface area contributed by atoms with Gasteiger partial charge >= 0.3 is 0 Å². The number of thiophene rings is 1. The zero-order chi connectivity index (χ0) is 18.5. The van der Waals surface area contributed by atoms with Crippen LogP contribution in [0, 0.1) is 19.8 Å². The third kappa shape index (κ3) is 3.04. The molecule has 1 amide bonds. The molecule has 2 aliphatic rings. The highest BCUT2D eigenvalue weighted by molar-refractivity contribution is 7.26. The van der Waals surface area contributed by atoms with Crippen LogP contribution in [-0.4, -0.2) is 40.0 Å². The molecule has 2 fully saturated rings. The molecule has 0 aromatic carbocycles. The van der Waals surface area contributed by atoms with Crippen molar-refractivity contribution in [1.82, 2.24) is 20.3 Å². The van der Waals surface area contributed by atoms with E-state index in [0.29, 0.717) is 6.04 Å². The van der Waals surface area contributed by atoms with Crippen LogP contribution in [0.3, 0.4) is 0 Å². The zero-order valence-corrected chi connectivity index (χ0v) is 16.5. The minimum Gasteiger partial charge on any atom is -0.355 e.